The third-order valence-corrected chi connectivity index (χ3v) is 7.65. The van der Waals surface area contributed by atoms with Gasteiger partial charge in [-0.05, 0) is 57.1 Å². The third kappa shape index (κ3) is 3.25. The monoisotopic (exact) mass is 411 g/mol. The molecule has 0 radical (unpaired) electrons. The number of pyridine rings is 1. The molecule has 3 fully saturated rings. The number of carbonyl (C=O) groups excluding carboxylic acids is 1. The summed E-state index contributed by atoms with van der Waals surface area (Å²) in [6.07, 6.45) is 9.53. The van der Waals surface area contributed by atoms with E-state index in [4.69, 9.17) is 0 Å². The SMILES string of the molecule is C/C=C/c1ccc2n(c1=O)C[C@@H]1[C@@H](CO)[C@H](C(=O)N3CCCCC3)N(CC3CC3)[C@H]21. The van der Waals surface area contributed by atoms with Crippen molar-refractivity contribution in [1.82, 2.24) is 14.4 Å². The minimum atomic E-state index is -0.261. The molecule has 2 saturated heterocycles. The van der Waals surface area contributed by atoms with E-state index in [-0.39, 0.29) is 42.0 Å². The van der Waals surface area contributed by atoms with Gasteiger partial charge in [-0.25, -0.2) is 0 Å². The van der Waals surface area contributed by atoms with E-state index in [1.165, 1.54) is 19.3 Å². The molecule has 1 saturated carbocycles. The van der Waals surface area contributed by atoms with Crippen molar-refractivity contribution >= 4 is 12.0 Å². The van der Waals surface area contributed by atoms with Crippen molar-refractivity contribution in [2.45, 2.75) is 57.7 Å². The van der Waals surface area contributed by atoms with Crippen LogP contribution in [0.25, 0.3) is 6.08 Å². The molecule has 1 aromatic rings. The third-order valence-electron chi connectivity index (χ3n) is 7.65. The average Bonchev–Trinajstić information content (AvgIpc) is 3.43. The summed E-state index contributed by atoms with van der Waals surface area (Å²) < 4.78 is 1.90. The normalized spacial score (nSPS) is 31.3. The lowest BCUT2D eigenvalue weighted by molar-refractivity contribution is -0.139. The minimum absolute atomic E-state index is 0.00294. The zero-order valence-corrected chi connectivity index (χ0v) is 17.9. The molecular formula is C24H33N3O3. The Balaban J connectivity index is 1.53. The van der Waals surface area contributed by atoms with Crippen LogP contribution in [0.2, 0.25) is 0 Å². The summed E-state index contributed by atoms with van der Waals surface area (Å²) in [6, 6.07) is 3.78. The van der Waals surface area contributed by atoms with Crippen LogP contribution in [0, 0.1) is 17.8 Å². The highest BCUT2D eigenvalue weighted by atomic mass is 16.3. The minimum Gasteiger partial charge on any atom is -0.396 e. The number of allylic oxidation sites excluding steroid dienone is 1. The van der Waals surface area contributed by atoms with Crippen LogP contribution >= 0.6 is 0 Å². The molecule has 4 aliphatic rings. The second-order valence-corrected chi connectivity index (χ2v) is 9.56. The second-order valence-electron chi connectivity index (χ2n) is 9.56. The largest absolute Gasteiger partial charge is 0.396 e. The van der Waals surface area contributed by atoms with Crippen LogP contribution in [0.15, 0.2) is 23.0 Å². The molecule has 0 spiro atoms. The van der Waals surface area contributed by atoms with Crippen molar-refractivity contribution in [1.29, 1.82) is 0 Å². The van der Waals surface area contributed by atoms with Crippen molar-refractivity contribution < 1.29 is 9.90 Å². The molecule has 1 amide bonds. The van der Waals surface area contributed by atoms with Crippen molar-refractivity contribution in [2.24, 2.45) is 17.8 Å². The molecule has 0 bridgehead atoms. The molecule has 30 heavy (non-hydrogen) atoms. The van der Waals surface area contributed by atoms with Gasteiger partial charge >= 0.3 is 0 Å². The number of rotatable bonds is 5. The fourth-order valence-electron chi connectivity index (χ4n) is 6.02. The van der Waals surface area contributed by atoms with Crippen LogP contribution < -0.4 is 5.56 Å². The molecule has 4 heterocycles. The van der Waals surface area contributed by atoms with Gasteiger partial charge in [0.25, 0.3) is 5.56 Å². The van der Waals surface area contributed by atoms with E-state index in [0.29, 0.717) is 18.0 Å². The molecule has 1 N–H and O–H groups in total. The molecule has 1 aromatic heterocycles. The fourth-order valence-corrected chi connectivity index (χ4v) is 6.02. The van der Waals surface area contributed by atoms with Crippen molar-refractivity contribution in [2.75, 3.05) is 26.2 Å². The average molecular weight is 412 g/mol. The van der Waals surface area contributed by atoms with Crippen LogP contribution in [-0.4, -0.2) is 57.7 Å². The Labute approximate surface area is 178 Å². The number of aliphatic hydroxyl groups excluding tert-OH is 1. The number of hydrogen-bond acceptors (Lipinski definition) is 4. The standard InChI is InChI=1S/C24H33N3O3/c1-2-6-17-9-10-20-21-18(14-26(20)23(17)29)19(15-28)22(27(21)13-16-7-8-16)24(30)25-11-4-3-5-12-25/h2,6,9-10,16,18-19,21-22,28H,3-5,7-8,11-15H2,1H3/b6-2+/t18-,19-,21+,22-/m1/s1. The van der Waals surface area contributed by atoms with Crippen molar-refractivity contribution in [3.63, 3.8) is 0 Å². The summed E-state index contributed by atoms with van der Waals surface area (Å²) in [7, 11) is 0. The highest BCUT2D eigenvalue weighted by Crippen LogP contribution is 2.51. The maximum Gasteiger partial charge on any atom is 0.258 e. The predicted molar refractivity (Wildman–Crippen MR) is 116 cm³/mol. The summed E-state index contributed by atoms with van der Waals surface area (Å²) >= 11 is 0. The number of nitrogens with zero attached hydrogens (tertiary/aromatic N) is 3. The highest BCUT2D eigenvalue weighted by Gasteiger charge is 2.56. The summed E-state index contributed by atoms with van der Waals surface area (Å²) in [5.41, 5.74) is 1.77. The Morgan fingerprint density at radius 2 is 1.97 bits per heavy atom. The topological polar surface area (TPSA) is 65.8 Å². The molecule has 3 aliphatic heterocycles. The van der Waals surface area contributed by atoms with Gasteiger partial charge in [-0.3, -0.25) is 14.5 Å². The number of likely N-dealkylation sites (tertiary alicyclic amines) is 2. The van der Waals surface area contributed by atoms with Gasteiger partial charge in [0.1, 0.15) is 0 Å². The zero-order chi connectivity index (χ0) is 20.8. The van der Waals surface area contributed by atoms with Crippen LogP contribution in [0.5, 0.6) is 0 Å². The maximum absolute atomic E-state index is 13.6. The molecule has 0 unspecified atom stereocenters. The zero-order valence-electron chi connectivity index (χ0n) is 17.9. The van der Waals surface area contributed by atoms with Crippen LogP contribution in [0.1, 0.15) is 56.3 Å². The molecule has 5 rings (SSSR count). The van der Waals surface area contributed by atoms with Crippen LogP contribution in [0.4, 0.5) is 0 Å². The van der Waals surface area contributed by atoms with E-state index in [2.05, 4.69) is 11.0 Å². The van der Waals surface area contributed by atoms with Gasteiger partial charge in [0.2, 0.25) is 5.91 Å². The Hall–Kier alpha value is -1.92. The lowest BCUT2D eigenvalue weighted by Crippen LogP contribution is -2.51. The van der Waals surface area contributed by atoms with Crippen molar-refractivity contribution in [3.8, 4) is 0 Å². The van der Waals surface area contributed by atoms with E-state index in [9.17, 15) is 14.7 Å². The molecule has 4 atom stereocenters. The van der Waals surface area contributed by atoms with E-state index in [0.717, 1.165) is 38.2 Å². The summed E-state index contributed by atoms with van der Waals surface area (Å²) in [6.45, 7) is 5.08. The number of amides is 1. The number of hydrogen-bond donors (Lipinski definition) is 1. The smallest absolute Gasteiger partial charge is 0.258 e. The van der Waals surface area contributed by atoms with Gasteiger partial charge in [-0.1, -0.05) is 12.2 Å². The van der Waals surface area contributed by atoms with Gasteiger partial charge in [-0.15, -0.1) is 0 Å². The first-order chi connectivity index (χ1) is 14.6. The highest BCUT2D eigenvalue weighted by molar-refractivity contribution is 5.83. The number of piperidine rings is 1. The Kier molecular flexibility index (Phi) is 5.31. The predicted octanol–water partition coefficient (Wildman–Crippen LogP) is 2.27. The van der Waals surface area contributed by atoms with E-state index in [1.807, 2.05) is 34.6 Å². The number of aromatic nitrogens is 1. The molecule has 6 nitrogen and oxygen atoms in total. The molecular weight excluding hydrogens is 378 g/mol. The summed E-state index contributed by atoms with van der Waals surface area (Å²) in [4.78, 5) is 31.1. The molecule has 1 aliphatic carbocycles. The van der Waals surface area contributed by atoms with E-state index in [1.54, 1.807) is 0 Å². The van der Waals surface area contributed by atoms with Crippen LogP contribution in [-0.2, 0) is 11.3 Å². The quantitative estimate of drug-likeness (QED) is 0.807. The Bertz CT molecular complexity index is 897. The van der Waals surface area contributed by atoms with E-state index < -0.39 is 0 Å². The lowest BCUT2D eigenvalue weighted by atomic mass is 9.88. The Morgan fingerprint density at radius 3 is 2.63 bits per heavy atom. The molecule has 6 heteroatoms. The molecule has 0 aromatic carbocycles. The van der Waals surface area contributed by atoms with Gasteiger partial charge in [0, 0.05) is 55.9 Å². The summed E-state index contributed by atoms with van der Waals surface area (Å²) in [5.74, 6) is 0.833. The van der Waals surface area contributed by atoms with Gasteiger partial charge < -0.3 is 14.6 Å². The molecule has 162 valence electrons. The first-order valence-electron chi connectivity index (χ1n) is 11.7. The maximum atomic E-state index is 13.6. The first kappa shape index (κ1) is 20.0. The lowest BCUT2D eigenvalue weighted by Gasteiger charge is -2.36. The van der Waals surface area contributed by atoms with Crippen LogP contribution in [0.3, 0.4) is 0 Å². The number of carbonyl (C=O) groups is 1. The number of aliphatic hydroxyl groups is 1. The van der Waals surface area contributed by atoms with Gasteiger partial charge in [0.05, 0.1) is 12.1 Å². The second kappa shape index (κ2) is 7.97. The first-order valence-corrected chi connectivity index (χ1v) is 11.7. The van der Waals surface area contributed by atoms with E-state index >= 15 is 0 Å². The fraction of sp³-hybridized carbons (Fsp3) is 0.667. The van der Waals surface area contributed by atoms with Crippen molar-refractivity contribution in [3.05, 3.63) is 39.8 Å². The van der Waals surface area contributed by atoms with Gasteiger partial charge in [0.15, 0.2) is 0 Å². The van der Waals surface area contributed by atoms with Gasteiger partial charge in [-0.2, -0.15) is 0 Å². The number of fused-ring (bicyclic) bond motifs is 3. The summed E-state index contributed by atoms with van der Waals surface area (Å²) in [5, 5.41) is 10.4. The Morgan fingerprint density at radius 1 is 1.20 bits per heavy atom.